The SMILES string of the molecule is CN(C)C1CCN(c2cc[c]cc2)C1. The lowest BCUT2D eigenvalue weighted by Crippen LogP contribution is -2.31. The molecule has 0 N–H and O–H groups in total. The Morgan fingerprint density at radius 1 is 1.36 bits per heavy atom. The van der Waals surface area contributed by atoms with Gasteiger partial charge in [0.15, 0.2) is 0 Å². The second-order valence-electron chi connectivity index (χ2n) is 4.11. The van der Waals surface area contributed by atoms with Crippen LogP contribution in [0.3, 0.4) is 0 Å². The van der Waals surface area contributed by atoms with Gasteiger partial charge in [-0.1, -0.05) is 12.1 Å². The van der Waals surface area contributed by atoms with Gasteiger partial charge in [-0.3, -0.25) is 0 Å². The Balaban J connectivity index is 2.03. The second kappa shape index (κ2) is 4.01. The summed E-state index contributed by atoms with van der Waals surface area (Å²) < 4.78 is 0. The smallest absolute Gasteiger partial charge is 0.0367 e. The molecule has 2 nitrogen and oxygen atoms in total. The fourth-order valence-electron chi connectivity index (χ4n) is 1.99. The lowest BCUT2D eigenvalue weighted by molar-refractivity contribution is 0.315. The molecule has 1 aliphatic rings. The van der Waals surface area contributed by atoms with Gasteiger partial charge in [0.1, 0.15) is 0 Å². The molecule has 2 heteroatoms. The molecule has 1 aromatic carbocycles. The maximum absolute atomic E-state index is 3.05. The third kappa shape index (κ3) is 1.90. The van der Waals surface area contributed by atoms with Crippen LogP contribution in [-0.4, -0.2) is 38.1 Å². The summed E-state index contributed by atoms with van der Waals surface area (Å²) >= 11 is 0. The second-order valence-corrected chi connectivity index (χ2v) is 4.11. The van der Waals surface area contributed by atoms with E-state index in [1.54, 1.807) is 0 Å². The highest BCUT2D eigenvalue weighted by atomic mass is 15.2. The molecule has 0 aliphatic carbocycles. The van der Waals surface area contributed by atoms with Crippen LogP contribution in [0, 0.1) is 6.07 Å². The van der Waals surface area contributed by atoms with Gasteiger partial charge >= 0.3 is 0 Å². The Morgan fingerprint density at radius 2 is 2.07 bits per heavy atom. The maximum Gasteiger partial charge on any atom is 0.0367 e. The number of hydrogen-bond acceptors (Lipinski definition) is 2. The van der Waals surface area contributed by atoms with Crippen molar-refractivity contribution in [1.29, 1.82) is 0 Å². The van der Waals surface area contributed by atoms with E-state index < -0.39 is 0 Å². The number of anilines is 1. The summed E-state index contributed by atoms with van der Waals surface area (Å²) in [5, 5.41) is 0. The van der Waals surface area contributed by atoms with E-state index in [1.807, 2.05) is 12.1 Å². The number of likely N-dealkylation sites (N-methyl/N-ethyl adjacent to an activating group) is 1. The van der Waals surface area contributed by atoms with Crippen molar-refractivity contribution in [2.75, 3.05) is 32.1 Å². The average Bonchev–Trinajstić information content (AvgIpc) is 2.68. The van der Waals surface area contributed by atoms with E-state index in [9.17, 15) is 0 Å². The molecule has 1 saturated heterocycles. The van der Waals surface area contributed by atoms with Crippen LogP contribution in [0.4, 0.5) is 5.69 Å². The minimum atomic E-state index is 0.708. The van der Waals surface area contributed by atoms with Gasteiger partial charge in [-0.2, -0.15) is 0 Å². The Morgan fingerprint density at radius 3 is 2.64 bits per heavy atom. The highest BCUT2D eigenvalue weighted by molar-refractivity contribution is 5.46. The number of rotatable bonds is 2. The molecular weight excluding hydrogens is 172 g/mol. The van der Waals surface area contributed by atoms with Gasteiger partial charge in [0.2, 0.25) is 0 Å². The maximum atomic E-state index is 3.05. The fraction of sp³-hybridized carbons (Fsp3) is 0.500. The summed E-state index contributed by atoms with van der Waals surface area (Å²) in [7, 11) is 4.32. The van der Waals surface area contributed by atoms with Gasteiger partial charge in [0, 0.05) is 24.8 Å². The first kappa shape index (κ1) is 9.53. The lowest BCUT2D eigenvalue weighted by Gasteiger charge is -2.21. The van der Waals surface area contributed by atoms with Crippen molar-refractivity contribution in [3.05, 3.63) is 30.3 Å². The first-order valence-electron chi connectivity index (χ1n) is 5.15. The zero-order valence-corrected chi connectivity index (χ0v) is 8.90. The summed E-state index contributed by atoms with van der Waals surface area (Å²) in [5.41, 5.74) is 1.33. The van der Waals surface area contributed by atoms with Gasteiger partial charge in [-0.15, -0.1) is 0 Å². The first-order chi connectivity index (χ1) is 6.77. The molecule has 1 fully saturated rings. The van der Waals surface area contributed by atoms with Crippen LogP contribution < -0.4 is 4.90 Å². The van der Waals surface area contributed by atoms with Gasteiger partial charge in [0.25, 0.3) is 0 Å². The van der Waals surface area contributed by atoms with Crippen LogP contribution in [0.1, 0.15) is 6.42 Å². The van der Waals surface area contributed by atoms with E-state index in [4.69, 9.17) is 0 Å². The van der Waals surface area contributed by atoms with Crippen molar-refractivity contribution in [2.24, 2.45) is 0 Å². The lowest BCUT2D eigenvalue weighted by atomic mass is 10.2. The summed E-state index contributed by atoms with van der Waals surface area (Å²) in [4.78, 5) is 4.76. The van der Waals surface area contributed by atoms with E-state index in [0.29, 0.717) is 6.04 Å². The third-order valence-electron chi connectivity index (χ3n) is 2.96. The molecule has 1 unspecified atom stereocenters. The highest BCUT2D eigenvalue weighted by Crippen LogP contribution is 2.21. The molecule has 1 radical (unpaired) electrons. The Hall–Kier alpha value is -1.02. The molecule has 0 amide bonds. The zero-order valence-electron chi connectivity index (χ0n) is 8.90. The number of benzene rings is 1. The molecule has 0 saturated carbocycles. The Bertz CT molecular complexity index is 282. The van der Waals surface area contributed by atoms with Gasteiger partial charge in [-0.25, -0.2) is 0 Å². The van der Waals surface area contributed by atoms with E-state index in [-0.39, 0.29) is 0 Å². The van der Waals surface area contributed by atoms with Crippen molar-refractivity contribution in [3.8, 4) is 0 Å². The predicted molar refractivity (Wildman–Crippen MR) is 59.6 cm³/mol. The minimum Gasteiger partial charge on any atom is -0.370 e. The molecule has 1 heterocycles. The fourth-order valence-corrected chi connectivity index (χ4v) is 1.99. The van der Waals surface area contributed by atoms with Crippen LogP contribution in [-0.2, 0) is 0 Å². The summed E-state index contributed by atoms with van der Waals surface area (Å²) in [6.45, 7) is 2.32. The van der Waals surface area contributed by atoms with E-state index in [0.717, 1.165) is 6.54 Å². The van der Waals surface area contributed by atoms with Crippen LogP contribution in [0.5, 0.6) is 0 Å². The van der Waals surface area contributed by atoms with Gasteiger partial charge in [-0.05, 0) is 38.7 Å². The monoisotopic (exact) mass is 189 g/mol. The van der Waals surface area contributed by atoms with Crippen LogP contribution >= 0.6 is 0 Å². The Labute approximate surface area is 86.1 Å². The van der Waals surface area contributed by atoms with E-state index >= 15 is 0 Å². The van der Waals surface area contributed by atoms with Crippen LogP contribution in [0.2, 0.25) is 0 Å². The molecule has 0 spiro atoms. The van der Waals surface area contributed by atoms with E-state index in [1.165, 1.54) is 18.7 Å². The molecule has 0 aromatic heterocycles. The summed E-state index contributed by atoms with van der Waals surface area (Å²) in [6, 6.07) is 12.0. The molecule has 1 atom stereocenters. The van der Waals surface area contributed by atoms with Crippen molar-refractivity contribution in [3.63, 3.8) is 0 Å². The van der Waals surface area contributed by atoms with Crippen molar-refractivity contribution < 1.29 is 0 Å². The molecule has 1 aromatic rings. The van der Waals surface area contributed by atoms with Gasteiger partial charge in [0.05, 0.1) is 0 Å². The van der Waals surface area contributed by atoms with Crippen molar-refractivity contribution in [2.45, 2.75) is 12.5 Å². The van der Waals surface area contributed by atoms with Gasteiger partial charge < -0.3 is 9.80 Å². The Kier molecular flexibility index (Phi) is 2.73. The minimum absolute atomic E-state index is 0.708. The van der Waals surface area contributed by atoms with Crippen molar-refractivity contribution in [1.82, 2.24) is 4.90 Å². The molecular formula is C12H17N2. The summed E-state index contributed by atoms with van der Waals surface area (Å²) in [6.07, 6.45) is 1.27. The molecule has 75 valence electrons. The largest absolute Gasteiger partial charge is 0.370 e. The molecule has 14 heavy (non-hydrogen) atoms. The quantitative estimate of drug-likeness (QED) is 0.697. The number of nitrogens with zero attached hydrogens (tertiary/aromatic N) is 2. The van der Waals surface area contributed by atoms with Crippen molar-refractivity contribution >= 4 is 5.69 Å². The summed E-state index contributed by atoms with van der Waals surface area (Å²) in [5.74, 6) is 0. The average molecular weight is 189 g/mol. The molecule has 0 bridgehead atoms. The zero-order chi connectivity index (χ0) is 9.97. The highest BCUT2D eigenvalue weighted by Gasteiger charge is 2.23. The van der Waals surface area contributed by atoms with Crippen LogP contribution in [0.25, 0.3) is 0 Å². The number of hydrogen-bond donors (Lipinski definition) is 0. The van der Waals surface area contributed by atoms with E-state index in [2.05, 4.69) is 42.1 Å². The predicted octanol–water partition coefficient (Wildman–Crippen LogP) is 1.63. The first-order valence-corrected chi connectivity index (χ1v) is 5.15. The standard InChI is InChI=1S/C12H17N2/c1-13(2)12-8-9-14(10-12)11-6-4-3-5-7-11/h4-7,12H,8-10H2,1-2H3. The molecule has 2 rings (SSSR count). The normalized spacial score (nSPS) is 21.9. The third-order valence-corrected chi connectivity index (χ3v) is 2.96. The topological polar surface area (TPSA) is 6.48 Å². The van der Waals surface area contributed by atoms with Crippen LogP contribution in [0.15, 0.2) is 24.3 Å². The molecule has 1 aliphatic heterocycles.